The van der Waals surface area contributed by atoms with E-state index in [1.165, 1.54) is 0 Å². The maximum Gasteiger partial charge on any atom is 0.416 e. The van der Waals surface area contributed by atoms with Crippen molar-refractivity contribution in [1.29, 1.82) is 0 Å². The number of nitrogens with one attached hydrogen (secondary N) is 2. The fourth-order valence-corrected chi connectivity index (χ4v) is 1.13. The standard InChI is InChI=1S/C11H13F3N2O2/c12-11(13,14)9(17)6-16-10(18)7-15-8-4-2-1-3-5-8/h1-5,9,15,17H,6-7H2,(H,16,18). The lowest BCUT2D eigenvalue weighted by atomic mass is 10.3. The number of aliphatic hydroxyl groups excluding tert-OH is 1. The van der Waals surface area contributed by atoms with Crippen molar-refractivity contribution >= 4 is 11.6 Å². The van der Waals surface area contributed by atoms with Crippen LogP contribution >= 0.6 is 0 Å². The average molecular weight is 262 g/mol. The molecule has 3 N–H and O–H groups in total. The molecule has 0 aromatic heterocycles. The molecule has 0 spiro atoms. The summed E-state index contributed by atoms with van der Waals surface area (Å²) in [6, 6.07) is 8.75. The molecule has 1 aromatic rings. The van der Waals surface area contributed by atoms with E-state index in [1.807, 2.05) is 5.32 Å². The Bertz CT molecular complexity index is 382. The summed E-state index contributed by atoms with van der Waals surface area (Å²) in [4.78, 5) is 11.2. The summed E-state index contributed by atoms with van der Waals surface area (Å²) in [5.74, 6) is -0.623. The van der Waals surface area contributed by atoms with Crippen LogP contribution in [0.4, 0.5) is 18.9 Å². The van der Waals surface area contributed by atoms with Crippen LogP contribution in [0.2, 0.25) is 0 Å². The van der Waals surface area contributed by atoms with E-state index in [9.17, 15) is 18.0 Å². The summed E-state index contributed by atoms with van der Waals surface area (Å²) >= 11 is 0. The Morgan fingerprint density at radius 1 is 1.28 bits per heavy atom. The smallest absolute Gasteiger partial charge is 0.382 e. The first-order chi connectivity index (χ1) is 8.39. The van der Waals surface area contributed by atoms with Crippen molar-refractivity contribution in [2.75, 3.05) is 18.4 Å². The first-order valence-electron chi connectivity index (χ1n) is 5.20. The SMILES string of the molecule is O=C(CNc1ccccc1)NCC(O)C(F)(F)F. The molecule has 0 aliphatic carbocycles. The summed E-state index contributed by atoms with van der Waals surface area (Å²) < 4.78 is 35.8. The number of alkyl halides is 3. The van der Waals surface area contributed by atoms with Crippen LogP contribution in [-0.4, -0.2) is 36.4 Å². The van der Waals surface area contributed by atoms with Crippen molar-refractivity contribution in [3.05, 3.63) is 30.3 Å². The van der Waals surface area contributed by atoms with E-state index in [0.717, 1.165) is 0 Å². The first kappa shape index (κ1) is 14.3. The van der Waals surface area contributed by atoms with Gasteiger partial charge in [-0.05, 0) is 12.1 Å². The van der Waals surface area contributed by atoms with E-state index in [4.69, 9.17) is 5.11 Å². The number of carbonyl (C=O) groups is 1. The number of para-hydroxylation sites is 1. The monoisotopic (exact) mass is 262 g/mol. The highest BCUT2D eigenvalue weighted by atomic mass is 19.4. The second-order valence-electron chi connectivity index (χ2n) is 3.58. The van der Waals surface area contributed by atoms with Gasteiger partial charge in [0.2, 0.25) is 5.91 Å². The highest BCUT2D eigenvalue weighted by Crippen LogP contribution is 2.19. The van der Waals surface area contributed by atoms with Crippen molar-refractivity contribution in [3.63, 3.8) is 0 Å². The van der Waals surface area contributed by atoms with Crippen LogP contribution in [-0.2, 0) is 4.79 Å². The predicted molar refractivity (Wildman–Crippen MR) is 60.0 cm³/mol. The molecule has 0 saturated carbocycles. The number of benzene rings is 1. The summed E-state index contributed by atoms with van der Waals surface area (Å²) in [6.07, 6.45) is -7.27. The zero-order valence-corrected chi connectivity index (χ0v) is 9.37. The van der Waals surface area contributed by atoms with E-state index < -0.39 is 24.7 Å². The summed E-state index contributed by atoms with van der Waals surface area (Å²) in [5, 5.41) is 13.4. The third-order valence-electron chi connectivity index (χ3n) is 2.10. The minimum atomic E-state index is -4.72. The first-order valence-corrected chi connectivity index (χ1v) is 5.20. The topological polar surface area (TPSA) is 61.4 Å². The van der Waals surface area contributed by atoms with Crippen LogP contribution in [0.1, 0.15) is 0 Å². The Balaban J connectivity index is 2.27. The molecule has 0 saturated heterocycles. The van der Waals surface area contributed by atoms with Crippen molar-refractivity contribution in [2.24, 2.45) is 0 Å². The number of halogens is 3. The Hall–Kier alpha value is -1.76. The fraction of sp³-hybridized carbons (Fsp3) is 0.364. The molecule has 1 atom stereocenters. The van der Waals surface area contributed by atoms with Crippen LogP contribution in [0.3, 0.4) is 0 Å². The zero-order valence-electron chi connectivity index (χ0n) is 9.37. The second kappa shape index (κ2) is 6.25. The Kier molecular flexibility index (Phi) is 4.96. The molecule has 0 bridgehead atoms. The van der Waals surface area contributed by atoms with Crippen LogP contribution in [0.25, 0.3) is 0 Å². The van der Waals surface area contributed by atoms with E-state index in [2.05, 4.69) is 5.32 Å². The molecule has 1 unspecified atom stereocenters. The molecule has 0 aliphatic rings. The molecule has 0 radical (unpaired) electrons. The van der Waals surface area contributed by atoms with Gasteiger partial charge in [0.25, 0.3) is 0 Å². The van der Waals surface area contributed by atoms with Gasteiger partial charge in [0.05, 0.1) is 13.1 Å². The quantitative estimate of drug-likeness (QED) is 0.745. The zero-order chi connectivity index (χ0) is 13.6. The number of amides is 1. The molecule has 18 heavy (non-hydrogen) atoms. The number of carbonyl (C=O) groups excluding carboxylic acids is 1. The molecule has 1 aromatic carbocycles. The maximum absolute atomic E-state index is 11.9. The second-order valence-corrected chi connectivity index (χ2v) is 3.58. The van der Waals surface area contributed by atoms with E-state index in [1.54, 1.807) is 30.3 Å². The van der Waals surface area contributed by atoms with Gasteiger partial charge in [-0.2, -0.15) is 13.2 Å². The lowest BCUT2D eigenvalue weighted by Crippen LogP contribution is -2.42. The van der Waals surface area contributed by atoms with Gasteiger partial charge in [0.15, 0.2) is 6.10 Å². The number of hydrogen-bond donors (Lipinski definition) is 3. The average Bonchev–Trinajstić information content (AvgIpc) is 2.33. The fourth-order valence-electron chi connectivity index (χ4n) is 1.13. The molecule has 0 heterocycles. The van der Waals surface area contributed by atoms with Crippen molar-refractivity contribution in [1.82, 2.24) is 5.32 Å². The Morgan fingerprint density at radius 2 is 1.89 bits per heavy atom. The third kappa shape index (κ3) is 5.05. The highest BCUT2D eigenvalue weighted by Gasteiger charge is 2.38. The van der Waals surface area contributed by atoms with Gasteiger partial charge in [-0.3, -0.25) is 4.79 Å². The summed E-state index contributed by atoms with van der Waals surface area (Å²) in [7, 11) is 0. The van der Waals surface area contributed by atoms with Gasteiger partial charge < -0.3 is 15.7 Å². The van der Waals surface area contributed by atoms with Gasteiger partial charge in [-0.1, -0.05) is 18.2 Å². The molecule has 0 aliphatic heterocycles. The Morgan fingerprint density at radius 3 is 2.44 bits per heavy atom. The molecular weight excluding hydrogens is 249 g/mol. The molecule has 1 rings (SSSR count). The third-order valence-corrected chi connectivity index (χ3v) is 2.10. The van der Waals surface area contributed by atoms with Gasteiger partial charge >= 0.3 is 6.18 Å². The lowest BCUT2D eigenvalue weighted by Gasteiger charge is -2.15. The number of hydrogen-bond acceptors (Lipinski definition) is 3. The number of rotatable bonds is 5. The molecule has 1 amide bonds. The van der Waals surface area contributed by atoms with Gasteiger partial charge in [-0.15, -0.1) is 0 Å². The van der Waals surface area contributed by atoms with Gasteiger partial charge in [-0.25, -0.2) is 0 Å². The van der Waals surface area contributed by atoms with Crippen LogP contribution in [0, 0.1) is 0 Å². The molecule has 4 nitrogen and oxygen atoms in total. The van der Waals surface area contributed by atoms with Crippen LogP contribution in [0.15, 0.2) is 30.3 Å². The summed E-state index contributed by atoms with van der Waals surface area (Å²) in [5.41, 5.74) is 0.684. The predicted octanol–water partition coefficient (Wildman–Crippen LogP) is 1.14. The van der Waals surface area contributed by atoms with Crippen LogP contribution in [0.5, 0.6) is 0 Å². The number of anilines is 1. The maximum atomic E-state index is 11.9. The van der Waals surface area contributed by atoms with E-state index >= 15 is 0 Å². The summed E-state index contributed by atoms with van der Waals surface area (Å²) in [6.45, 7) is -1.01. The Labute approximate surface area is 102 Å². The number of aliphatic hydroxyl groups is 1. The molecular formula is C11H13F3N2O2. The van der Waals surface area contributed by atoms with Gasteiger partial charge in [0, 0.05) is 5.69 Å². The van der Waals surface area contributed by atoms with Gasteiger partial charge in [0.1, 0.15) is 0 Å². The molecule has 0 fully saturated rings. The van der Waals surface area contributed by atoms with Crippen molar-refractivity contribution in [3.8, 4) is 0 Å². The lowest BCUT2D eigenvalue weighted by molar-refractivity contribution is -0.201. The van der Waals surface area contributed by atoms with Crippen molar-refractivity contribution in [2.45, 2.75) is 12.3 Å². The normalized spacial score (nSPS) is 12.9. The van der Waals surface area contributed by atoms with Crippen molar-refractivity contribution < 1.29 is 23.1 Å². The van der Waals surface area contributed by atoms with E-state index in [-0.39, 0.29) is 6.54 Å². The molecule has 7 heteroatoms. The minimum absolute atomic E-state index is 0.158. The minimum Gasteiger partial charge on any atom is -0.382 e. The van der Waals surface area contributed by atoms with E-state index in [0.29, 0.717) is 5.69 Å². The van der Waals surface area contributed by atoms with Crippen LogP contribution < -0.4 is 10.6 Å². The largest absolute Gasteiger partial charge is 0.416 e. The molecule has 100 valence electrons. The highest BCUT2D eigenvalue weighted by molar-refractivity contribution is 5.80.